The number of pyridine rings is 1. The smallest absolute Gasteiger partial charge is 0.275 e. The molecule has 0 unspecified atom stereocenters. The normalized spacial score (nSPS) is 11.8. The van der Waals surface area contributed by atoms with Crippen LogP contribution < -0.4 is 5.69 Å². The molecule has 0 spiro atoms. The van der Waals surface area contributed by atoms with Gasteiger partial charge in [0.05, 0.1) is 17.1 Å². The van der Waals surface area contributed by atoms with E-state index >= 15 is 0 Å². The van der Waals surface area contributed by atoms with E-state index in [9.17, 15) is 18.0 Å². The number of nitrogens with zero attached hydrogens (tertiary/aromatic N) is 7. The number of rotatable bonds is 7. The van der Waals surface area contributed by atoms with Crippen molar-refractivity contribution >= 4 is 23.2 Å². The number of aromatic nitrogens is 7. The molecule has 0 saturated carbocycles. The number of alkyl halides is 3. The van der Waals surface area contributed by atoms with E-state index in [0.717, 1.165) is 9.25 Å². The van der Waals surface area contributed by atoms with Gasteiger partial charge in [-0.15, -0.1) is 10.2 Å². The van der Waals surface area contributed by atoms with Gasteiger partial charge in [0, 0.05) is 35.9 Å². The Morgan fingerprint density at radius 3 is 2.44 bits per heavy atom. The summed E-state index contributed by atoms with van der Waals surface area (Å²) in [6.45, 7) is 1.17. The van der Waals surface area contributed by atoms with Crippen molar-refractivity contribution < 1.29 is 13.2 Å². The predicted molar refractivity (Wildman–Crippen MR) is 120 cm³/mol. The van der Waals surface area contributed by atoms with Crippen LogP contribution in [0.1, 0.15) is 25.0 Å². The van der Waals surface area contributed by atoms with Gasteiger partial charge in [-0.2, -0.15) is 13.2 Å². The first-order chi connectivity index (χ1) is 16.2. The molecular formula is C21H18Cl2F3N7O. The van der Waals surface area contributed by atoms with Crippen molar-refractivity contribution in [2.75, 3.05) is 0 Å². The summed E-state index contributed by atoms with van der Waals surface area (Å²) in [5, 5.41) is 9.55. The topological polar surface area (TPSA) is 83.4 Å². The number of hydrogen-bond donors (Lipinski definition) is 0. The van der Waals surface area contributed by atoms with Gasteiger partial charge < -0.3 is 0 Å². The summed E-state index contributed by atoms with van der Waals surface area (Å²) in [5.74, 6) is 0.943. The van der Waals surface area contributed by atoms with Crippen molar-refractivity contribution in [2.45, 2.75) is 39.0 Å². The fourth-order valence-electron chi connectivity index (χ4n) is 3.35. The molecule has 8 nitrogen and oxygen atoms in total. The fraction of sp³-hybridized carbons (Fsp3) is 0.286. The van der Waals surface area contributed by atoms with Crippen LogP contribution in [-0.4, -0.2) is 40.3 Å². The van der Waals surface area contributed by atoms with Gasteiger partial charge in [0.2, 0.25) is 0 Å². The largest absolute Gasteiger partial charge is 0.390 e. The van der Waals surface area contributed by atoms with Crippen molar-refractivity contribution in [3.05, 3.63) is 74.9 Å². The van der Waals surface area contributed by atoms with E-state index in [2.05, 4.69) is 20.2 Å². The SMILES string of the molecule is CCc1nc(Cn2nc(-c3ccc(Cl)cc3)n(CCC(F)(F)F)c2=O)nn1-c1ccncc1Cl. The van der Waals surface area contributed by atoms with Crippen molar-refractivity contribution in [2.24, 2.45) is 0 Å². The number of hydrogen-bond acceptors (Lipinski definition) is 5. The summed E-state index contributed by atoms with van der Waals surface area (Å²) in [4.78, 5) is 21.4. The lowest BCUT2D eigenvalue weighted by Gasteiger charge is -2.08. The van der Waals surface area contributed by atoms with Crippen LogP contribution in [0, 0.1) is 0 Å². The second kappa shape index (κ2) is 9.59. The fourth-order valence-corrected chi connectivity index (χ4v) is 3.68. The molecule has 1 aromatic carbocycles. The van der Waals surface area contributed by atoms with E-state index in [0.29, 0.717) is 33.5 Å². The summed E-state index contributed by atoms with van der Waals surface area (Å²) >= 11 is 12.2. The molecule has 0 aliphatic rings. The van der Waals surface area contributed by atoms with Gasteiger partial charge in [0.1, 0.15) is 12.4 Å². The standard InChI is InChI=1S/C21H18Cl2F3N7O/c1-2-18-28-17(29-33(18)16-7-9-27-11-15(16)23)12-32-20(34)31(10-8-21(24,25)26)19(30-32)13-3-5-14(22)6-4-13/h3-7,9,11H,2,8,10,12H2,1H3. The monoisotopic (exact) mass is 511 g/mol. The molecule has 0 fully saturated rings. The zero-order chi connectivity index (χ0) is 24.5. The van der Waals surface area contributed by atoms with Crippen molar-refractivity contribution in [3.8, 4) is 17.1 Å². The summed E-state index contributed by atoms with van der Waals surface area (Å²) in [6.07, 6.45) is -2.04. The lowest BCUT2D eigenvalue weighted by Crippen LogP contribution is -2.27. The zero-order valence-electron chi connectivity index (χ0n) is 17.8. The van der Waals surface area contributed by atoms with Crippen LogP contribution >= 0.6 is 23.2 Å². The maximum absolute atomic E-state index is 13.0. The van der Waals surface area contributed by atoms with Gasteiger partial charge in [0.15, 0.2) is 11.6 Å². The van der Waals surface area contributed by atoms with Crippen LogP contribution in [0.2, 0.25) is 10.0 Å². The van der Waals surface area contributed by atoms with Crippen LogP contribution in [0.3, 0.4) is 0 Å². The van der Waals surface area contributed by atoms with Crippen molar-refractivity contribution in [3.63, 3.8) is 0 Å². The molecule has 4 rings (SSSR count). The summed E-state index contributed by atoms with van der Waals surface area (Å²) in [5.41, 5.74) is 0.321. The first-order valence-corrected chi connectivity index (χ1v) is 11.0. The molecule has 0 aliphatic carbocycles. The average molecular weight is 512 g/mol. The van der Waals surface area contributed by atoms with Gasteiger partial charge >= 0.3 is 11.9 Å². The number of benzene rings is 1. The van der Waals surface area contributed by atoms with Gasteiger partial charge in [-0.3, -0.25) is 9.55 Å². The average Bonchev–Trinajstić information content (AvgIpc) is 3.33. The molecule has 0 N–H and O–H groups in total. The first-order valence-electron chi connectivity index (χ1n) is 10.2. The number of aryl methyl sites for hydroxylation is 1. The van der Waals surface area contributed by atoms with E-state index in [1.54, 1.807) is 41.2 Å². The molecule has 0 bridgehead atoms. The van der Waals surface area contributed by atoms with Gasteiger partial charge in [-0.25, -0.2) is 19.1 Å². The van der Waals surface area contributed by atoms with Crippen LogP contribution in [-0.2, 0) is 19.5 Å². The highest BCUT2D eigenvalue weighted by Gasteiger charge is 2.28. The molecule has 0 atom stereocenters. The third kappa shape index (κ3) is 5.15. The van der Waals surface area contributed by atoms with E-state index in [1.165, 1.54) is 6.20 Å². The third-order valence-electron chi connectivity index (χ3n) is 4.95. The second-order valence-electron chi connectivity index (χ2n) is 7.32. The third-order valence-corrected chi connectivity index (χ3v) is 5.49. The van der Waals surface area contributed by atoms with Crippen LogP contribution in [0.15, 0.2) is 47.5 Å². The molecular weight excluding hydrogens is 494 g/mol. The predicted octanol–water partition coefficient (Wildman–Crippen LogP) is 4.56. The molecule has 4 aromatic rings. The highest BCUT2D eigenvalue weighted by molar-refractivity contribution is 6.32. The lowest BCUT2D eigenvalue weighted by atomic mass is 10.2. The van der Waals surface area contributed by atoms with Crippen molar-refractivity contribution in [1.29, 1.82) is 0 Å². The Balaban J connectivity index is 1.73. The van der Waals surface area contributed by atoms with E-state index in [4.69, 9.17) is 23.2 Å². The zero-order valence-corrected chi connectivity index (χ0v) is 19.3. The molecule has 3 aromatic heterocycles. The Labute approximate surface area is 201 Å². The minimum atomic E-state index is -4.43. The summed E-state index contributed by atoms with van der Waals surface area (Å²) < 4.78 is 42.3. The second-order valence-corrected chi connectivity index (χ2v) is 8.17. The van der Waals surface area contributed by atoms with E-state index in [1.807, 2.05) is 6.92 Å². The molecule has 178 valence electrons. The Morgan fingerprint density at radius 2 is 1.79 bits per heavy atom. The first kappa shape index (κ1) is 24.0. The van der Waals surface area contributed by atoms with Crippen LogP contribution in [0.25, 0.3) is 17.1 Å². The summed E-state index contributed by atoms with van der Waals surface area (Å²) in [6, 6.07) is 8.00. The quantitative estimate of drug-likeness (QED) is 0.363. The highest BCUT2D eigenvalue weighted by Crippen LogP contribution is 2.24. The van der Waals surface area contributed by atoms with E-state index < -0.39 is 24.8 Å². The lowest BCUT2D eigenvalue weighted by molar-refractivity contribution is -0.136. The van der Waals surface area contributed by atoms with Crippen LogP contribution in [0.5, 0.6) is 0 Å². The Hall–Kier alpha value is -3.18. The molecule has 0 radical (unpaired) electrons. The highest BCUT2D eigenvalue weighted by atomic mass is 35.5. The Kier molecular flexibility index (Phi) is 6.76. The Morgan fingerprint density at radius 1 is 1.06 bits per heavy atom. The van der Waals surface area contributed by atoms with Crippen LogP contribution in [0.4, 0.5) is 13.2 Å². The molecule has 34 heavy (non-hydrogen) atoms. The number of halogens is 5. The summed E-state index contributed by atoms with van der Waals surface area (Å²) in [7, 11) is 0. The van der Waals surface area contributed by atoms with Crippen molar-refractivity contribution in [1.82, 2.24) is 34.1 Å². The molecule has 0 amide bonds. The maximum Gasteiger partial charge on any atom is 0.390 e. The minimum Gasteiger partial charge on any atom is -0.275 e. The van der Waals surface area contributed by atoms with Gasteiger partial charge in [-0.05, 0) is 30.3 Å². The molecule has 0 aliphatic heterocycles. The Bertz CT molecular complexity index is 1360. The molecule has 3 heterocycles. The maximum atomic E-state index is 13.0. The molecule has 13 heteroatoms. The van der Waals surface area contributed by atoms with Gasteiger partial charge in [0.25, 0.3) is 0 Å². The van der Waals surface area contributed by atoms with Gasteiger partial charge in [-0.1, -0.05) is 30.1 Å². The minimum absolute atomic E-state index is 0.0956. The van der Waals surface area contributed by atoms with E-state index in [-0.39, 0.29) is 18.2 Å². The molecule has 0 saturated heterocycles.